The first-order valence-corrected chi connectivity index (χ1v) is 18.0. The minimum atomic E-state index is -1.17. The number of aliphatic imine (C=N–C) groups is 1. The lowest BCUT2D eigenvalue weighted by Gasteiger charge is -2.19. The summed E-state index contributed by atoms with van der Waals surface area (Å²) in [6.45, 7) is 7.12. The van der Waals surface area contributed by atoms with Gasteiger partial charge in [-0.2, -0.15) is 0 Å². The summed E-state index contributed by atoms with van der Waals surface area (Å²) in [6, 6.07) is -4.71. The third kappa shape index (κ3) is 26.9. The largest absolute Gasteiger partial charge is 0.480 e. The Morgan fingerprint density at radius 3 is 1.91 bits per heavy atom. The zero-order valence-electron chi connectivity index (χ0n) is 32.4. The van der Waals surface area contributed by atoms with E-state index in [1.165, 1.54) is 13.3 Å². The summed E-state index contributed by atoms with van der Waals surface area (Å²) in [5.74, 6) is -4.73. The van der Waals surface area contributed by atoms with Gasteiger partial charge in [0.05, 0.1) is 6.33 Å². The van der Waals surface area contributed by atoms with Crippen molar-refractivity contribution in [3.8, 4) is 0 Å². The second-order valence-electron chi connectivity index (χ2n) is 13.1. The normalized spacial score (nSPS) is 16.3. The van der Waals surface area contributed by atoms with Gasteiger partial charge in [-0.3, -0.25) is 24.2 Å². The summed E-state index contributed by atoms with van der Waals surface area (Å²) >= 11 is 0. The molecule has 56 heavy (non-hydrogen) atoms. The molecular formula is C33H64N12O11. The first-order valence-electron chi connectivity index (χ1n) is 18.0. The highest BCUT2D eigenvalue weighted by atomic mass is 16.6. The molecule has 2 heterocycles. The van der Waals surface area contributed by atoms with Crippen molar-refractivity contribution >= 4 is 41.8 Å². The fourth-order valence-corrected chi connectivity index (χ4v) is 4.27. The SMILES string of the molecule is CC(C)C[C@H](N)C(=O)OC(=O)[C@@H](N)CCCCN.C[C@@H](OC(=O)[C@@H]1CCCN1)[C@H](N)C(=O)O.NC(N)=NCCC[C@H](N)C(=O)O.N[C@@H](Cc1cnc[nH]1)C(=O)O. The molecule has 2 rings (SSSR count). The maximum atomic E-state index is 11.5. The van der Waals surface area contributed by atoms with Crippen molar-refractivity contribution in [1.29, 1.82) is 0 Å². The van der Waals surface area contributed by atoms with E-state index in [9.17, 15) is 28.8 Å². The number of hydrogen-bond donors (Lipinski definition) is 13. The number of H-pyrrole nitrogens is 1. The highest BCUT2D eigenvalue weighted by molar-refractivity contribution is 5.90. The number of nitrogens with two attached hydrogens (primary N) is 8. The summed E-state index contributed by atoms with van der Waals surface area (Å²) in [6.07, 6.45) is 7.61. The number of nitrogens with one attached hydrogen (secondary N) is 2. The number of guanidine groups is 1. The Kier molecular flexibility index (Phi) is 29.0. The molecule has 1 saturated heterocycles. The molecule has 7 atom stereocenters. The van der Waals surface area contributed by atoms with E-state index in [0.29, 0.717) is 38.8 Å². The van der Waals surface area contributed by atoms with Gasteiger partial charge in [0.1, 0.15) is 42.4 Å². The Bertz CT molecular complexity index is 1320. The predicted molar refractivity (Wildman–Crippen MR) is 205 cm³/mol. The van der Waals surface area contributed by atoms with Crippen LogP contribution in [0, 0.1) is 5.92 Å². The van der Waals surface area contributed by atoms with Gasteiger partial charge >= 0.3 is 35.8 Å². The molecule has 23 heteroatoms. The number of imidazole rings is 1. The van der Waals surface area contributed by atoms with Crippen LogP contribution < -0.4 is 51.2 Å². The van der Waals surface area contributed by atoms with Crippen molar-refractivity contribution in [3.05, 3.63) is 18.2 Å². The van der Waals surface area contributed by atoms with E-state index in [1.807, 2.05) is 13.8 Å². The topological polar surface area (TPSA) is 443 Å². The van der Waals surface area contributed by atoms with Gasteiger partial charge in [-0.05, 0) is 70.9 Å². The number of aliphatic carboxylic acids is 3. The van der Waals surface area contributed by atoms with E-state index in [1.54, 1.807) is 6.20 Å². The average molecular weight is 805 g/mol. The smallest absolute Gasteiger partial charge is 0.330 e. The minimum absolute atomic E-state index is 0.0129. The van der Waals surface area contributed by atoms with Crippen LogP contribution in [0.2, 0.25) is 0 Å². The first kappa shape index (κ1) is 53.3. The van der Waals surface area contributed by atoms with Crippen LogP contribution >= 0.6 is 0 Å². The Hall–Kier alpha value is -4.78. The van der Waals surface area contributed by atoms with Crippen LogP contribution in [0.15, 0.2) is 17.5 Å². The molecule has 0 spiro atoms. The quantitative estimate of drug-likeness (QED) is 0.0203. The van der Waals surface area contributed by atoms with Crippen LogP contribution in [0.3, 0.4) is 0 Å². The molecule has 1 aromatic heterocycles. The van der Waals surface area contributed by atoms with E-state index in [0.717, 1.165) is 37.9 Å². The van der Waals surface area contributed by atoms with Gasteiger partial charge in [0.2, 0.25) is 0 Å². The number of aromatic nitrogens is 2. The second kappa shape index (κ2) is 30.4. The van der Waals surface area contributed by atoms with Crippen LogP contribution in [0.1, 0.15) is 77.8 Å². The summed E-state index contributed by atoms with van der Waals surface area (Å²) in [7, 11) is 0. The molecule has 0 radical (unpaired) electrons. The number of carbonyl (C=O) groups excluding carboxylic acids is 3. The maximum absolute atomic E-state index is 11.5. The van der Waals surface area contributed by atoms with Crippen molar-refractivity contribution in [2.75, 3.05) is 19.6 Å². The molecule has 322 valence electrons. The summed E-state index contributed by atoms with van der Waals surface area (Å²) in [5, 5.41) is 28.4. The van der Waals surface area contributed by atoms with Gasteiger partial charge in [-0.1, -0.05) is 20.3 Å². The third-order valence-electron chi connectivity index (χ3n) is 7.54. The van der Waals surface area contributed by atoms with Crippen LogP contribution in [0.5, 0.6) is 0 Å². The van der Waals surface area contributed by atoms with Gasteiger partial charge in [0.15, 0.2) is 5.96 Å². The number of ether oxygens (including phenoxy) is 2. The van der Waals surface area contributed by atoms with Crippen molar-refractivity contribution in [2.24, 2.45) is 56.8 Å². The fraction of sp³-hybridized carbons (Fsp3) is 0.697. The second-order valence-corrected chi connectivity index (χ2v) is 13.1. The van der Waals surface area contributed by atoms with Crippen molar-refractivity contribution in [3.63, 3.8) is 0 Å². The van der Waals surface area contributed by atoms with Crippen molar-refractivity contribution in [1.82, 2.24) is 15.3 Å². The standard InChI is InChI=1S/C12H25N3O3.C9H16N2O4.C6H14N4O2.C6H9N3O2/c1-8(2)7-10(15)12(17)18-11(16)9(14)5-3-4-6-13;1-5(7(10)8(12)13)15-9(14)6-3-2-4-11-6;7-4(5(11)12)2-1-3-10-6(8)9;7-5(6(10)11)1-4-2-8-3-9-4/h8-10H,3-7,13-15H2,1-2H3;5-7,11H,2-4,10H2,1H3,(H,12,13);4H,1-3,7H2,(H,11,12)(H4,8,9,10);2-3,5H,1,7H2,(H,8,9)(H,10,11)/t9-,10-;5-,6+,7+;4-;5-/m0100/s1. The van der Waals surface area contributed by atoms with E-state index < -0.39 is 72.1 Å². The summed E-state index contributed by atoms with van der Waals surface area (Å²) < 4.78 is 9.60. The number of unbranched alkanes of at least 4 members (excludes halogenated alkanes) is 1. The van der Waals surface area contributed by atoms with E-state index >= 15 is 0 Å². The average Bonchev–Trinajstić information content (AvgIpc) is 3.85. The predicted octanol–water partition coefficient (Wildman–Crippen LogP) is -3.22. The Labute approximate surface area is 326 Å². The number of hydrogen-bond acceptors (Lipinski definition) is 17. The number of rotatable bonds is 20. The van der Waals surface area contributed by atoms with Gasteiger partial charge < -0.3 is 81.0 Å². The van der Waals surface area contributed by atoms with Crippen molar-refractivity contribution < 1.29 is 53.6 Å². The maximum Gasteiger partial charge on any atom is 0.330 e. The molecule has 0 amide bonds. The fourth-order valence-electron chi connectivity index (χ4n) is 4.27. The molecule has 21 N–H and O–H groups in total. The summed E-state index contributed by atoms with van der Waals surface area (Å²) in [4.78, 5) is 75.6. The molecule has 0 unspecified atom stereocenters. The first-order chi connectivity index (χ1) is 26.1. The third-order valence-corrected chi connectivity index (χ3v) is 7.54. The lowest BCUT2D eigenvalue weighted by atomic mass is 10.0. The monoisotopic (exact) mass is 804 g/mol. The number of carboxylic acid groups (broad SMARTS) is 3. The molecule has 0 bridgehead atoms. The number of carboxylic acids is 3. The number of carbonyl (C=O) groups is 6. The van der Waals surface area contributed by atoms with E-state index in [-0.39, 0.29) is 24.3 Å². The van der Waals surface area contributed by atoms with Gasteiger partial charge in [0, 0.05) is 24.9 Å². The molecule has 23 nitrogen and oxygen atoms in total. The van der Waals surface area contributed by atoms with Crippen LogP contribution in [0.4, 0.5) is 0 Å². The molecule has 1 aromatic rings. The summed E-state index contributed by atoms with van der Waals surface area (Å²) in [5.41, 5.74) is 43.2. The number of aromatic amines is 1. The minimum Gasteiger partial charge on any atom is -0.480 e. The zero-order chi connectivity index (χ0) is 43.4. The Morgan fingerprint density at radius 2 is 1.45 bits per heavy atom. The number of esters is 3. The van der Waals surface area contributed by atoms with Crippen LogP contribution in [0.25, 0.3) is 0 Å². The molecular weight excluding hydrogens is 740 g/mol. The number of nitrogens with zero attached hydrogens (tertiary/aromatic N) is 2. The molecule has 1 fully saturated rings. The van der Waals surface area contributed by atoms with E-state index in [2.05, 4.69) is 25.0 Å². The van der Waals surface area contributed by atoms with E-state index in [4.69, 9.17) is 65.9 Å². The Balaban J connectivity index is 0. The molecule has 1 aliphatic rings. The molecule has 1 aliphatic heterocycles. The van der Waals surface area contributed by atoms with Gasteiger partial charge in [-0.15, -0.1) is 0 Å². The lowest BCUT2D eigenvalue weighted by Crippen LogP contribution is -2.45. The highest BCUT2D eigenvalue weighted by Gasteiger charge is 2.29. The van der Waals surface area contributed by atoms with Gasteiger partial charge in [-0.25, -0.2) is 14.6 Å². The highest BCUT2D eigenvalue weighted by Crippen LogP contribution is 2.09. The lowest BCUT2D eigenvalue weighted by molar-refractivity contribution is -0.162. The van der Waals surface area contributed by atoms with Crippen LogP contribution in [-0.4, -0.2) is 129 Å². The molecule has 0 aromatic carbocycles. The van der Waals surface area contributed by atoms with Gasteiger partial charge in [0.25, 0.3) is 0 Å². The van der Waals surface area contributed by atoms with Crippen LogP contribution in [-0.2, 0) is 44.7 Å². The molecule has 0 aliphatic carbocycles. The Morgan fingerprint density at radius 1 is 0.857 bits per heavy atom. The zero-order valence-corrected chi connectivity index (χ0v) is 32.4. The molecule has 0 saturated carbocycles. The van der Waals surface area contributed by atoms with Crippen molar-refractivity contribution in [2.45, 2.75) is 121 Å².